The summed E-state index contributed by atoms with van der Waals surface area (Å²) in [5.74, 6) is 1.61. The molecule has 28 heavy (non-hydrogen) atoms. The van der Waals surface area contributed by atoms with Crippen LogP contribution in [0.3, 0.4) is 0 Å². The van der Waals surface area contributed by atoms with E-state index in [2.05, 4.69) is 30.6 Å². The van der Waals surface area contributed by atoms with E-state index in [1.54, 1.807) is 24.8 Å². The third-order valence-electron chi connectivity index (χ3n) is 3.84. The molecular formula is C19H23ClIN7. The molecule has 0 bridgehead atoms. The summed E-state index contributed by atoms with van der Waals surface area (Å²) in [7, 11) is 0. The largest absolute Gasteiger partial charge is 0.357 e. The molecule has 0 aliphatic heterocycles. The molecule has 0 amide bonds. The normalized spacial score (nSPS) is 11.0. The number of hydrogen-bond acceptors (Lipinski definition) is 4. The summed E-state index contributed by atoms with van der Waals surface area (Å²) in [5, 5.41) is 7.09. The standard InChI is InChI=1S/C19H22ClN7.HI/c1-2-22-19(23-8-7-15-3-5-17(20)24-11-15)26-13-16-4-6-18(25-12-16)27-10-9-21-14-27;/h3-6,9-12,14H,2,7-8,13H2,1H3,(H2,22,23,26);1H. The molecule has 3 rings (SSSR count). The molecule has 3 heterocycles. The molecule has 0 fully saturated rings. The Morgan fingerprint density at radius 2 is 1.93 bits per heavy atom. The van der Waals surface area contributed by atoms with Gasteiger partial charge in [-0.15, -0.1) is 24.0 Å². The molecule has 0 saturated carbocycles. The van der Waals surface area contributed by atoms with Crippen LogP contribution < -0.4 is 10.6 Å². The number of guanidine groups is 1. The predicted molar refractivity (Wildman–Crippen MR) is 123 cm³/mol. The number of nitrogens with one attached hydrogen (secondary N) is 2. The Labute approximate surface area is 186 Å². The maximum Gasteiger partial charge on any atom is 0.191 e. The fraction of sp³-hybridized carbons (Fsp3) is 0.263. The van der Waals surface area contributed by atoms with Crippen molar-refractivity contribution in [2.75, 3.05) is 13.1 Å². The lowest BCUT2D eigenvalue weighted by Crippen LogP contribution is -2.38. The van der Waals surface area contributed by atoms with E-state index in [1.165, 1.54) is 0 Å². The summed E-state index contributed by atoms with van der Waals surface area (Å²) in [6, 6.07) is 7.76. The predicted octanol–water partition coefficient (Wildman–Crippen LogP) is 3.23. The van der Waals surface area contributed by atoms with Gasteiger partial charge in [-0.05, 0) is 36.6 Å². The van der Waals surface area contributed by atoms with Gasteiger partial charge >= 0.3 is 0 Å². The molecule has 0 radical (unpaired) electrons. The van der Waals surface area contributed by atoms with E-state index in [0.717, 1.165) is 42.4 Å². The average Bonchev–Trinajstić information content (AvgIpc) is 3.23. The third kappa shape index (κ3) is 6.75. The summed E-state index contributed by atoms with van der Waals surface area (Å²) in [6.07, 6.45) is 9.79. The van der Waals surface area contributed by atoms with Gasteiger partial charge in [0.05, 0.1) is 6.54 Å². The van der Waals surface area contributed by atoms with Crippen LogP contribution in [-0.2, 0) is 13.0 Å². The van der Waals surface area contributed by atoms with Crippen molar-refractivity contribution < 1.29 is 0 Å². The monoisotopic (exact) mass is 511 g/mol. The van der Waals surface area contributed by atoms with Crippen molar-refractivity contribution in [1.82, 2.24) is 30.2 Å². The number of nitrogens with zero attached hydrogens (tertiary/aromatic N) is 5. The molecule has 9 heteroatoms. The van der Waals surface area contributed by atoms with E-state index < -0.39 is 0 Å². The fourth-order valence-electron chi connectivity index (χ4n) is 2.45. The summed E-state index contributed by atoms with van der Waals surface area (Å²) in [6.45, 7) is 4.15. The first-order valence-electron chi connectivity index (χ1n) is 8.80. The van der Waals surface area contributed by atoms with Crippen LogP contribution >= 0.6 is 35.6 Å². The lowest BCUT2D eigenvalue weighted by Gasteiger charge is -2.11. The van der Waals surface area contributed by atoms with E-state index in [9.17, 15) is 0 Å². The highest BCUT2D eigenvalue weighted by Crippen LogP contribution is 2.07. The van der Waals surface area contributed by atoms with Gasteiger partial charge in [0.15, 0.2) is 5.96 Å². The molecule has 0 atom stereocenters. The van der Waals surface area contributed by atoms with Crippen LogP contribution in [0.2, 0.25) is 5.15 Å². The van der Waals surface area contributed by atoms with Crippen molar-refractivity contribution in [3.05, 3.63) is 71.7 Å². The van der Waals surface area contributed by atoms with Gasteiger partial charge in [-0.3, -0.25) is 4.57 Å². The summed E-state index contributed by atoms with van der Waals surface area (Å²) in [4.78, 5) is 17.2. The highest BCUT2D eigenvalue weighted by Gasteiger charge is 2.01. The van der Waals surface area contributed by atoms with Crippen LogP contribution in [0.15, 0.2) is 60.4 Å². The molecule has 0 aromatic carbocycles. The minimum absolute atomic E-state index is 0. The van der Waals surface area contributed by atoms with E-state index in [1.807, 2.05) is 42.1 Å². The minimum atomic E-state index is 0. The lowest BCUT2D eigenvalue weighted by atomic mass is 10.2. The van der Waals surface area contributed by atoms with Crippen molar-refractivity contribution in [3.63, 3.8) is 0 Å². The number of pyridine rings is 2. The molecule has 0 aliphatic carbocycles. The van der Waals surface area contributed by atoms with Gasteiger partial charge in [0, 0.05) is 37.9 Å². The summed E-state index contributed by atoms with van der Waals surface area (Å²) in [5.41, 5.74) is 2.17. The maximum absolute atomic E-state index is 5.81. The zero-order chi connectivity index (χ0) is 18.9. The number of aromatic nitrogens is 4. The van der Waals surface area contributed by atoms with E-state index >= 15 is 0 Å². The second kappa shape index (κ2) is 11.6. The first-order valence-corrected chi connectivity index (χ1v) is 9.18. The average molecular weight is 512 g/mol. The van der Waals surface area contributed by atoms with Gasteiger partial charge < -0.3 is 10.6 Å². The topological polar surface area (TPSA) is 80.0 Å². The molecule has 0 aliphatic rings. The molecule has 2 N–H and O–H groups in total. The Balaban J connectivity index is 0.00000280. The Bertz CT molecular complexity index is 849. The Morgan fingerprint density at radius 3 is 2.57 bits per heavy atom. The minimum Gasteiger partial charge on any atom is -0.357 e. The van der Waals surface area contributed by atoms with Gasteiger partial charge in [0.2, 0.25) is 0 Å². The quantitative estimate of drug-likeness (QED) is 0.220. The highest BCUT2D eigenvalue weighted by atomic mass is 127. The fourth-order valence-corrected chi connectivity index (χ4v) is 2.56. The Kier molecular flexibility index (Phi) is 9.15. The van der Waals surface area contributed by atoms with E-state index in [0.29, 0.717) is 11.7 Å². The molecule has 0 saturated heterocycles. The summed E-state index contributed by atoms with van der Waals surface area (Å²) < 4.78 is 1.87. The summed E-state index contributed by atoms with van der Waals surface area (Å²) >= 11 is 5.81. The Hall–Kier alpha value is -2.20. The first kappa shape index (κ1) is 22.1. The molecule has 0 spiro atoms. The van der Waals surface area contributed by atoms with Crippen molar-refractivity contribution in [2.45, 2.75) is 19.9 Å². The van der Waals surface area contributed by atoms with Crippen LogP contribution in [0.5, 0.6) is 0 Å². The van der Waals surface area contributed by atoms with Crippen LogP contribution in [0.1, 0.15) is 18.1 Å². The van der Waals surface area contributed by atoms with Crippen molar-refractivity contribution in [2.24, 2.45) is 4.99 Å². The zero-order valence-electron chi connectivity index (χ0n) is 15.5. The SMILES string of the molecule is CCNC(=NCc1ccc(-n2ccnc2)nc1)NCCc1ccc(Cl)nc1.I. The van der Waals surface area contributed by atoms with E-state index in [4.69, 9.17) is 11.6 Å². The zero-order valence-corrected chi connectivity index (χ0v) is 18.6. The second-order valence-electron chi connectivity index (χ2n) is 5.86. The van der Waals surface area contributed by atoms with Crippen molar-refractivity contribution in [3.8, 4) is 5.82 Å². The van der Waals surface area contributed by atoms with Crippen molar-refractivity contribution >= 4 is 41.5 Å². The van der Waals surface area contributed by atoms with Crippen molar-refractivity contribution in [1.29, 1.82) is 0 Å². The Morgan fingerprint density at radius 1 is 1.11 bits per heavy atom. The number of imidazole rings is 1. The number of halogens is 2. The first-order chi connectivity index (χ1) is 13.2. The number of rotatable bonds is 7. The van der Waals surface area contributed by atoms with Gasteiger partial charge in [0.25, 0.3) is 0 Å². The molecule has 7 nitrogen and oxygen atoms in total. The van der Waals surface area contributed by atoms with Crippen LogP contribution in [-0.4, -0.2) is 38.6 Å². The van der Waals surface area contributed by atoms with Gasteiger partial charge in [-0.25, -0.2) is 19.9 Å². The number of hydrogen-bond donors (Lipinski definition) is 2. The molecule has 148 valence electrons. The number of aliphatic imine (C=N–C) groups is 1. The van der Waals surface area contributed by atoms with Gasteiger partial charge in [0.1, 0.15) is 17.3 Å². The smallest absolute Gasteiger partial charge is 0.191 e. The van der Waals surface area contributed by atoms with Crippen LogP contribution in [0.25, 0.3) is 5.82 Å². The molecular weight excluding hydrogens is 489 g/mol. The van der Waals surface area contributed by atoms with Crippen LogP contribution in [0.4, 0.5) is 0 Å². The highest BCUT2D eigenvalue weighted by molar-refractivity contribution is 14.0. The van der Waals surface area contributed by atoms with Crippen LogP contribution in [0, 0.1) is 0 Å². The van der Waals surface area contributed by atoms with Gasteiger partial charge in [-0.1, -0.05) is 23.7 Å². The molecule has 3 aromatic rings. The molecule has 3 aromatic heterocycles. The lowest BCUT2D eigenvalue weighted by molar-refractivity contribution is 0.797. The third-order valence-corrected chi connectivity index (χ3v) is 4.06. The van der Waals surface area contributed by atoms with E-state index in [-0.39, 0.29) is 24.0 Å². The maximum atomic E-state index is 5.81. The van der Waals surface area contributed by atoms with Gasteiger partial charge in [-0.2, -0.15) is 0 Å². The second-order valence-corrected chi connectivity index (χ2v) is 6.24. The molecule has 0 unspecified atom stereocenters.